The molecule has 0 bridgehead atoms. The molecule has 50 heavy (non-hydrogen) atoms. The Morgan fingerprint density at radius 1 is 0.500 bits per heavy atom. The summed E-state index contributed by atoms with van der Waals surface area (Å²) in [4.78, 5) is 10.2. The Hall–Kier alpha value is -6.32. The van der Waals surface area contributed by atoms with Gasteiger partial charge in [-0.15, -0.1) is 0 Å². The third kappa shape index (κ3) is 4.30. The van der Waals surface area contributed by atoms with Gasteiger partial charge in [-0.3, -0.25) is 0 Å². The van der Waals surface area contributed by atoms with Crippen LogP contribution in [-0.2, 0) is 5.41 Å². The molecule has 0 fully saturated rings. The first-order valence-electron chi connectivity index (χ1n) is 17.3. The van der Waals surface area contributed by atoms with Crippen LogP contribution in [0.5, 0.6) is 11.5 Å². The molecule has 2 heterocycles. The molecule has 7 aromatic rings. The first kappa shape index (κ1) is 28.7. The highest BCUT2D eigenvalue weighted by atomic mass is 16.5. The second-order valence-corrected chi connectivity index (χ2v) is 13.2. The molecule has 0 saturated carbocycles. The summed E-state index contributed by atoms with van der Waals surface area (Å²) >= 11 is 0. The van der Waals surface area contributed by atoms with E-state index in [4.69, 9.17) is 14.7 Å². The van der Waals surface area contributed by atoms with Crippen LogP contribution in [0.1, 0.15) is 35.1 Å². The standard InChI is InChI=1S/C47H32N2O/c1-3-15-31(16-4-1)42-30-43(32-17-5-2-6-18-32)49-46(48-42)34-20-13-19-33(29-34)35-23-14-27-41-45(35)50-44-28-12-11-26-40(44)47(41)38-24-9-7-21-36(38)37-22-8-10-25-39(37)47/h1-9,11-24,26-30H,10,25H2. The molecule has 3 aliphatic rings. The van der Waals surface area contributed by atoms with Crippen molar-refractivity contribution in [1.82, 2.24) is 9.97 Å². The van der Waals surface area contributed by atoms with E-state index in [9.17, 15) is 0 Å². The van der Waals surface area contributed by atoms with Gasteiger partial charge in [0.2, 0.25) is 0 Å². The van der Waals surface area contributed by atoms with E-state index in [2.05, 4.69) is 158 Å². The van der Waals surface area contributed by atoms with Crippen molar-refractivity contribution in [2.45, 2.75) is 18.3 Å². The molecule has 6 aromatic carbocycles. The maximum absolute atomic E-state index is 6.97. The minimum atomic E-state index is -0.424. The molecule has 3 nitrogen and oxygen atoms in total. The van der Waals surface area contributed by atoms with E-state index < -0.39 is 5.41 Å². The molecule has 1 spiro atoms. The first-order valence-corrected chi connectivity index (χ1v) is 17.3. The van der Waals surface area contributed by atoms with Crippen molar-refractivity contribution >= 4 is 5.57 Å². The van der Waals surface area contributed by atoms with E-state index in [1.165, 1.54) is 33.4 Å². The van der Waals surface area contributed by atoms with Gasteiger partial charge in [-0.25, -0.2) is 9.97 Å². The quantitative estimate of drug-likeness (QED) is 0.192. The van der Waals surface area contributed by atoms with Crippen molar-refractivity contribution < 1.29 is 4.74 Å². The Labute approximate surface area is 291 Å². The smallest absolute Gasteiger partial charge is 0.160 e. The predicted octanol–water partition coefficient (Wildman–Crippen LogP) is 11.7. The van der Waals surface area contributed by atoms with Gasteiger partial charge in [0.15, 0.2) is 5.82 Å². The van der Waals surface area contributed by atoms with Crippen LogP contribution in [0.15, 0.2) is 175 Å². The van der Waals surface area contributed by atoms with Gasteiger partial charge in [0, 0.05) is 33.4 Å². The van der Waals surface area contributed by atoms with Crippen LogP contribution in [0.4, 0.5) is 0 Å². The van der Waals surface area contributed by atoms with E-state index in [-0.39, 0.29) is 0 Å². The molecular weight excluding hydrogens is 609 g/mol. The molecule has 1 atom stereocenters. The maximum Gasteiger partial charge on any atom is 0.160 e. The monoisotopic (exact) mass is 640 g/mol. The Bertz CT molecular complexity index is 2460. The molecule has 2 aliphatic carbocycles. The van der Waals surface area contributed by atoms with Crippen molar-refractivity contribution in [2.75, 3.05) is 0 Å². The van der Waals surface area contributed by atoms with Crippen LogP contribution in [0.3, 0.4) is 0 Å². The zero-order valence-electron chi connectivity index (χ0n) is 27.4. The van der Waals surface area contributed by atoms with E-state index in [1.54, 1.807) is 0 Å². The highest BCUT2D eigenvalue weighted by Crippen LogP contribution is 2.63. The van der Waals surface area contributed by atoms with Crippen molar-refractivity contribution in [3.8, 4) is 56.5 Å². The fraction of sp³-hybridized carbons (Fsp3) is 0.0638. The minimum Gasteiger partial charge on any atom is -0.456 e. The third-order valence-corrected chi connectivity index (χ3v) is 10.5. The summed E-state index contributed by atoms with van der Waals surface area (Å²) in [5.41, 5.74) is 14.4. The van der Waals surface area contributed by atoms with E-state index >= 15 is 0 Å². The summed E-state index contributed by atoms with van der Waals surface area (Å²) in [6.07, 6.45) is 6.69. The zero-order valence-corrected chi connectivity index (χ0v) is 27.4. The maximum atomic E-state index is 6.97. The topological polar surface area (TPSA) is 35.0 Å². The van der Waals surface area contributed by atoms with Gasteiger partial charge < -0.3 is 4.74 Å². The van der Waals surface area contributed by atoms with Gasteiger partial charge in [-0.2, -0.15) is 0 Å². The Balaban J connectivity index is 1.17. The van der Waals surface area contributed by atoms with Crippen molar-refractivity contribution in [3.63, 3.8) is 0 Å². The molecule has 0 N–H and O–H groups in total. The number of fused-ring (bicyclic) bond motifs is 8. The largest absolute Gasteiger partial charge is 0.456 e. The molecule has 10 rings (SSSR count). The number of allylic oxidation sites excluding steroid dienone is 4. The molecular formula is C47H32N2O. The van der Waals surface area contributed by atoms with Gasteiger partial charge in [0.1, 0.15) is 11.5 Å². The average molecular weight is 641 g/mol. The molecule has 1 aromatic heterocycles. The molecule has 1 unspecified atom stereocenters. The second kappa shape index (κ2) is 11.4. The fourth-order valence-corrected chi connectivity index (χ4v) is 8.33. The number of aromatic nitrogens is 2. The van der Waals surface area contributed by atoms with Crippen LogP contribution in [0, 0.1) is 0 Å². The lowest BCUT2D eigenvalue weighted by Crippen LogP contribution is -2.33. The van der Waals surface area contributed by atoms with Crippen molar-refractivity contribution in [1.29, 1.82) is 0 Å². The Kier molecular flexibility index (Phi) is 6.53. The summed E-state index contributed by atoms with van der Waals surface area (Å²) in [6, 6.07) is 55.6. The predicted molar refractivity (Wildman–Crippen MR) is 202 cm³/mol. The minimum absolute atomic E-state index is 0.424. The van der Waals surface area contributed by atoms with Crippen LogP contribution >= 0.6 is 0 Å². The molecule has 0 radical (unpaired) electrons. The zero-order chi connectivity index (χ0) is 33.1. The lowest BCUT2D eigenvalue weighted by atomic mass is 9.63. The Morgan fingerprint density at radius 3 is 1.88 bits per heavy atom. The lowest BCUT2D eigenvalue weighted by Gasteiger charge is -2.41. The van der Waals surface area contributed by atoms with E-state index in [0.717, 1.165) is 63.5 Å². The molecule has 0 saturated heterocycles. The van der Waals surface area contributed by atoms with Gasteiger partial charge in [-0.1, -0.05) is 152 Å². The number of hydrogen-bond acceptors (Lipinski definition) is 3. The van der Waals surface area contributed by atoms with E-state index in [1.807, 2.05) is 12.1 Å². The molecule has 3 heteroatoms. The van der Waals surface area contributed by atoms with Crippen LogP contribution in [0.25, 0.3) is 50.6 Å². The van der Waals surface area contributed by atoms with Gasteiger partial charge in [0.05, 0.1) is 16.8 Å². The summed E-state index contributed by atoms with van der Waals surface area (Å²) in [5, 5.41) is 0. The first-order chi connectivity index (χ1) is 24.8. The van der Waals surface area contributed by atoms with Crippen molar-refractivity contribution in [3.05, 3.63) is 198 Å². The van der Waals surface area contributed by atoms with Crippen LogP contribution in [-0.4, -0.2) is 9.97 Å². The number of nitrogens with zero attached hydrogens (tertiary/aromatic N) is 2. The Morgan fingerprint density at radius 2 is 1.10 bits per heavy atom. The highest BCUT2D eigenvalue weighted by Gasteiger charge is 2.52. The summed E-state index contributed by atoms with van der Waals surface area (Å²) in [7, 11) is 0. The third-order valence-electron chi connectivity index (χ3n) is 10.5. The number of benzene rings is 6. The molecule has 1 aliphatic heterocycles. The molecule has 236 valence electrons. The van der Waals surface area contributed by atoms with Gasteiger partial charge >= 0.3 is 0 Å². The van der Waals surface area contributed by atoms with Crippen molar-refractivity contribution in [2.24, 2.45) is 0 Å². The fourth-order valence-electron chi connectivity index (χ4n) is 8.33. The number of ether oxygens (including phenoxy) is 1. The lowest BCUT2D eigenvalue weighted by molar-refractivity contribution is 0.433. The van der Waals surface area contributed by atoms with Gasteiger partial charge in [-0.05, 0) is 58.9 Å². The highest BCUT2D eigenvalue weighted by molar-refractivity contribution is 5.93. The average Bonchev–Trinajstić information content (AvgIpc) is 3.49. The summed E-state index contributed by atoms with van der Waals surface area (Å²) in [6.45, 7) is 0. The van der Waals surface area contributed by atoms with E-state index in [0.29, 0.717) is 5.82 Å². The normalized spacial score (nSPS) is 16.7. The number of hydrogen-bond donors (Lipinski definition) is 0. The van der Waals surface area contributed by atoms with Crippen LogP contribution < -0.4 is 4.74 Å². The number of para-hydroxylation sites is 2. The summed E-state index contributed by atoms with van der Waals surface area (Å²) < 4.78 is 6.97. The second-order valence-electron chi connectivity index (χ2n) is 13.2. The number of rotatable bonds is 4. The van der Waals surface area contributed by atoms with Crippen LogP contribution in [0.2, 0.25) is 0 Å². The van der Waals surface area contributed by atoms with Gasteiger partial charge in [0.25, 0.3) is 0 Å². The summed E-state index contributed by atoms with van der Waals surface area (Å²) in [5.74, 6) is 2.51. The molecule has 0 amide bonds. The SMILES string of the molecule is C1=CC2=C(CC1)C1(c3ccccc3Oc3c(-c4cccc(-c5nc(-c6ccccc6)cc(-c6ccccc6)n5)c4)cccc31)c1ccccc12.